The molecule has 1 heterocycles. The summed E-state index contributed by atoms with van der Waals surface area (Å²) in [6, 6.07) is 0. The lowest BCUT2D eigenvalue weighted by molar-refractivity contribution is -0.171. The van der Waals surface area contributed by atoms with Crippen LogP contribution in [0.1, 0.15) is 12.8 Å². The molecule has 1 aliphatic rings. The second-order valence-electron chi connectivity index (χ2n) is 2.63. The van der Waals surface area contributed by atoms with Gasteiger partial charge in [0.15, 0.2) is 0 Å². The molecule has 0 aromatic carbocycles. The maximum Gasteiger partial charge on any atom is 0.434 e. The Labute approximate surface area is 79.1 Å². The molecule has 0 aromatic heterocycles. The van der Waals surface area contributed by atoms with Gasteiger partial charge in [-0.15, -0.1) is 5.06 Å². The van der Waals surface area contributed by atoms with Crippen molar-refractivity contribution < 1.29 is 19.2 Å². The van der Waals surface area contributed by atoms with Crippen molar-refractivity contribution >= 4 is 17.9 Å². The van der Waals surface area contributed by atoms with Crippen molar-refractivity contribution in [1.29, 1.82) is 0 Å². The summed E-state index contributed by atoms with van der Waals surface area (Å²) in [5.74, 6) is -1.12. The van der Waals surface area contributed by atoms with E-state index in [1.807, 2.05) is 5.32 Å². The van der Waals surface area contributed by atoms with Crippen LogP contribution in [0.2, 0.25) is 0 Å². The molecule has 1 fully saturated rings. The van der Waals surface area contributed by atoms with Crippen LogP contribution in [-0.4, -0.2) is 29.3 Å². The smallest absolute Gasteiger partial charge is 0.311 e. The highest BCUT2D eigenvalue weighted by atomic mass is 16.7. The number of hydroxylamine groups is 2. The lowest BCUT2D eigenvalue weighted by Crippen LogP contribution is -2.50. The van der Waals surface area contributed by atoms with Crippen LogP contribution in [0.25, 0.3) is 0 Å². The largest absolute Gasteiger partial charge is 0.434 e. The molecular formula is C6H10N4O4. The van der Waals surface area contributed by atoms with Gasteiger partial charge in [-0.05, 0) is 0 Å². The predicted octanol–water partition coefficient (Wildman–Crippen LogP) is -2.02. The van der Waals surface area contributed by atoms with Crippen LogP contribution in [0.15, 0.2) is 0 Å². The molecule has 0 atom stereocenters. The summed E-state index contributed by atoms with van der Waals surface area (Å²) >= 11 is 0. The first kappa shape index (κ1) is 10.4. The summed E-state index contributed by atoms with van der Waals surface area (Å²) in [6.07, 6.45) is -2.05. The highest BCUT2D eigenvalue weighted by Crippen LogP contribution is 2.11. The third kappa shape index (κ3) is 2.41. The predicted molar refractivity (Wildman–Crippen MR) is 42.9 cm³/mol. The van der Waals surface area contributed by atoms with Crippen LogP contribution in [0, 0.1) is 0 Å². The van der Waals surface area contributed by atoms with Crippen molar-refractivity contribution in [3.8, 4) is 0 Å². The first-order chi connectivity index (χ1) is 6.50. The summed E-state index contributed by atoms with van der Waals surface area (Å²) < 4.78 is 0. The first-order valence-electron chi connectivity index (χ1n) is 3.86. The van der Waals surface area contributed by atoms with Crippen LogP contribution in [0.3, 0.4) is 0 Å². The molecule has 8 heteroatoms. The fourth-order valence-electron chi connectivity index (χ4n) is 0.903. The molecule has 0 radical (unpaired) electrons. The Kier molecular flexibility index (Phi) is 2.99. The van der Waals surface area contributed by atoms with Gasteiger partial charge in [-0.1, -0.05) is 0 Å². The molecule has 0 spiro atoms. The van der Waals surface area contributed by atoms with Crippen LogP contribution >= 0.6 is 0 Å². The van der Waals surface area contributed by atoms with E-state index < -0.39 is 24.2 Å². The number of imide groups is 1. The molecule has 78 valence electrons. The van der Waals surface area contributed by atoms with Crippen LogP contribution < -0.4 is 16.8 Å². The third-order valence-corrected chi connectivity index (χ3v) is 1.46. The molecule has 3 amide bonds. The van der Waals surface area contributed by atoms with Crippen molar-refractivity contribution in [3.05, 3.63) is 0 Å². The highest BCUT2D eigenvalue weighted by molar-refractivity contribution is 6.01. The average Bonchev–Trinajstić information content (AvgIpc) is 2.34. The minimum Gasteiger partial charge on any atom is -0.311 e. The summed E-state index contributed by atoms with van der Waals surface area (Å²) in [4.78, 5) is 37.1. The Hall–Kier alpha value is -1.67. The van der Waals surface area contributed by atoms with Crippen molar-refractivity contribution in [1.82, 2.24) is 10.4 Å². The normalized spacial score (nSPS) is 16.4. The molecule has 1 aliphatic heterocycles. The zero-order valence-electron chi connectivity index (χ0n) is 7.23. The lowest BCUT2D eigenvalue weighted by Gasteiger charge is -2.14. The van der Waals surface area contributed by atoms with E-state index in [4.69, 9.17) is 11.5 Å². The van der Waals surface area contributed by atoms with Gasteiger partial charge in [-0.25, -0.2) is 4.79 Å². The minimum absolute atomic E-state index is 0.0425. The monoisotopic (exact) mass is 202 g/mol. The Balaban J connectivity index is 2.47. The van der Waals surface area contributed by atoms with Gasteiger partial charge in [-0.3, -0.25) is 26.4 Å². The van der Waals surface area contributed by atoms with Gasteiger partial charge in [0.05, 0.1) is 0 Å². The summed E-state index contributed by atoms with van der Waals surface area (Å²) in [5.41, 5.74) is 10.0. The van der Waals surface area contributed by atoms with E-state index in [0.717, 1.165) is 0 Å². The highest BCUT2D eigenvalue weighted by Gasteiger charge is 2.32. The SMILES string of the molecule is NC(N)NC(=O)ON1C(=O)CCC1=O. The summed E-state index contributed by atoms with van der Waals surface area (Å²) in [5, 5.41) is 2.36. The first-order valence-corrected chi connectivity index (χ1v) is 3.86. The van der Waals surface area contributed by atoms with Gasteiger partial charge in [0, 0.05) is 12.8 Å². The standard InChI is InChI=1S/C6H10N4O4/c7-5(8)9-6(13)14-10-3(11)1-2-4(10)12/h5H,1-2,7-8H2,(H,9,13). The van der Waals surface area contributed by atoms with Gasteiger partial charge in [0.1, 0.15) is 6.29 Å². The zero-order valence-corrected chi connectivity index (χ0v) is 7.23. The van der Waals surface area contributed by atoms with E-state index in [1.54, 1.807) is 0 Å². The fourth-order valence-corrected chi connectivity index (χ4v) is 0.903. The quantitative estimate of drug-likeness (QED) is 0.350. The Morgan fingerprint density at radius 1 is 1.36 bits per heavy atom. The number of nitrogens with one attached hydrogen (secondary N) is 1. The van der Waals surface area contributed by atoms with Gasteiger partial charge >= 0.3 is 6.09 Å². The van der Waals surface area contributed by atoms with Crippen LogP contribution in [-0.2, 0) is 14.4 Å². The number of hydrogen-bond acceptors (Lipinski definition) is 6. The van der Waals surface area contributed by atoms with E-state index in [1.165, 1.54) is 0 Å². The second-order valence-corrected chi connectivity index (χ2v) is 2.63. The van der Waals surface area contributed by atoms with E-state index in [9.17, 15) is 14.4 Å². The van der Waals surface area contributed by atoms with Gasteiger partial charge in [0.25, 0.3) is 11.8 Å². The van der Waals surface area contributed by atoms with Crippen molar-refractivity contribution in [2.24, 2.45) is 11.5 Å². The molecule has 0 saturated carbocycles. The van der Waals surface area contributed by atoms with Crippen molar-refractivity contribution in [2.45, 2.75) is 19.1 Å². The number of carbonyl (C=O) groups excluding carboxylic acids is 3. The molecule has 0 unspecified atom stereocenters. The molecule has 14 heavy (non-hydrogen) atoms. The van der Waals surface area contributed by atoms with Crippen molar-refractivity contribution in [2.75, 3.05) is 0 Å². The summed E-state index contributed by atoms with van der Waals surface area (Å²) in [7, 11) is 0. The molecule has 8 nitrogen and oxygen atoms in total. The lowest BCUT2D eigenvalue weighted by atomic mass is 10.4. The van der Waals surface area contributed by atoms with Gasteiger partial charge < -0.3 is 4.84 Å². The van der Waals surface area contributed by atoms with E-state index in [2.05, 4.69) is 4.84 Å². The van der Waals surface area contributed by atoms with Crippen LogP contribution in [0.5, 0.6) is 0 Å². The zero-order chi connectivity index (χ0) is 10.7. The average molecular weight is 202 g/mol. The molecular weight excluding hydrogens is 192 g/mol. The van der Waals surface area contributed by atoms with Crippen LogP contribution in [0.4, 0.5) is 4.79 Å². The topological polar surface area (TPSA) is 128 Å². The fraction of sp³-hybridized carbons (Fsp3) is 0.500. The van der Waals surface area contributed by atoms with Gasteiger partial charge in [0.2, 0.25) is 0 Å². The van der Waals surface area contributed by atoms with E-state index in [0.29, 0.717) is 5.06 Å². The number of hydrogen-bond donors (Lipinski definition) is 3. The molecule has 1 saturated heterocycles. The third-order valence-electron chi connectivity index (χ3n) is 1.46. The number of nitrogens with zero attached hydrogens (tertiary/aromatic N) is 1. The number of amides is 3. The Morgan fingerprint density at radius 2 is 1.86 bits per heavy atom. The number of carbonyl (C=O) groups is 3. The molecule has 0 bridgehead atoms. The van der Waals surface area contributed by atoms with Gasteiger partial charge in [-0.2, -0.15) is 0 Å². The molecule has 5 N–H and O–H groups in total. The van der Waals surface area contributed by atoms with E-state index in [-0.39, 0.29) is 12.8 Å². The molecule has 0 aliphatic carbocycles. The maximum atomic E-state index is 10.9. The maximum absolute atomic E-state index is 10.9. The Bertz CT molecular complexity index is 261. The Morgan fingerprint density at radius 3 is 2.29 bits per heavy atom. The number of rotatable bonds is 2. The summed E-state index contributed by atoms with van der Waals surface area (Å²) in [6.45, 7) is 0. The minimum atomic E-state index is -1.10. The molecule has 0 aromatic rings. The molecule has 1 rings (SSSR count). The number of nitrogens with two attached hydrogens (primary N) is 2. The second kappa shape index (κ2) is 4.03. The van der Waals surface area contributed by atoms with E-state index >= 15 is 0 Å². The van der Waals surface area contributed by atoms with Crippen molar-refractivity contribution in [3.63, 3.8) is 0 Å².